The predicted octanol–water partition coefficient (Wildman–Crippen LogP) is 6.23. The highest BCUT2D eigenvalue weighted by atomic mass is 16.5. The van der Waals surface area contributed by atoms with Gasteiger partial charge in [0.25, 0.3) is 0 Å². The average Bonchev–Trinajstić information content (AvgIpc) is 3.22. The standard InChI is InChI=1S/C31H52O4/c1-19(18-32)20-10-15-31(26(34)35-7)17-16-29(5)21(25(20)31)8-9-23-28(4)13-12-24(33)27(2,3)22(28)11-14-30(23,29)6/h19-25,32-33H,8-18H2,1-7H3/t19?,20-,21?,22?,23?,24-,25?,28-,29+,30+,31-/m0/s1. The van der Waals surface area contributed by atoms with E-state index in [0.29, 0.717) is 29.6 Å². The minimum Gasteiger partial charge on any atom is -0.469 e. The number of carbonyl (C=O) groups is 1. The van der Waals surface area contributed by atoms with Gasteiger partial charge in [0.2, 0.25) is 0 Å². The second-order valence-electron chi connectivity index (χ2n) is 15.1. The van der Waals surface area contributed by atoms with E-state index in [2.05, 4.69) is 41.5 Å². The number of hydrogen-bond acceptors (Lipinski definition) is 4. The van der Waals surface area contributed by atoms with Gasteiger partial charge in [0.1, 0.15) is 0 Å². The molecular formula is C31H52O4. The lowest BCUT2D eigenvalue weighted by Gasteiger charge is -2.72. The zero-order chi connectivity index (χ0) is 25.6. The molecule has 0 saturated heterocycles. The summed E-state index contributed by atoms with van der Waals surface area (Å²) in [4.78, 5) is 13.4. The third kappa shape index (κ3) is 3.14. The van der Waals surface area contributed by atoms with Crippen molar-refractivity contribution >= 4 is 5.97 Å². The molecular weight excluding hydrogens is 436 g/mol. The summed E-state index contributed by atoms with van der Waals surface area (Å²) in [5.41, 5.74) is 0.343. The molecule has 0 aliphatic heterocycles. The minimum absolute atomic E-state index is 0.0168. The van der Waals surface area contributed by atoms with Crippen molar-refractivity contribution in [2.45, 2.75) is 112 Å². The molecule has 2 N–H and O–H groups in total. The maximum atomic E-state index is 13.4. The summed E-state index contributed by atoms with van der Waals surface area (Å²) in [6, 6.07) is 0. The highest BCUT2D eigenvalue weighted by Crippen LogP contribution is 2.77. The summed E-state index contributed by atoms with van der Waals surface area (Å²) in [6.45, 7) is 14.8. The first-order valence-electron chi connectivity index (χ1n) is 14.7. The smallest absolute Gasteiger partial charge is 0.312 e. The van der Waals surface area contributed by atoms with Crippen LogP contribution < -0.4 is 0 Å². The van der Waals surface area contributed by atoms with Gasteiger partial charge in [-0.1, -0.05) is 41.5 Å². The van der Waals surface area contributed by atoms with Crippen molar-refractivity contribution in [2.75, 3.05) is 13.7 Å². The summed E-state index contributed by atoms with van der Waals surface area (Å²) in [5, 5.41) is 21.1. The molecule has 0 aromatic heterocycles. The Balaban J connectivity index is 1.56. The predicted molar refractivity (Wildman–Crippen MR) is 138 cm³/mol. The molecule has 5 aliphatic carbocycles. The molecule has 4 nitrogen and oxygen atoms in total. The number of fused-ring (bicyclic) bond motifs is 7. The van der Waals surface area contributed by atoms with E-state index in [1.807, 2.05) is 0 Å². The number of rotatable bonds is 3. The zero-order valence-electron chi connectivity index (χ0n) is 23.5. The Kier molecular flexibility index (Phi) is 6.09. The van der Waals surface area contributed by atoms with Gasteiger partial charge in [0, 0.05) is 6.61 Å². The van der Waals surface area contributed by atoms with E-state index in [-0.39, 0.29) is 51.7 Å². The Bertz CT molecular complexity index is 853. The van der Waals surface area contributed by atoms with Crippen LogP contribution in [0.5, 0.6) is 0 Å². The van der Waals surface area contributed by atoms with Crippen molar-refractivity contribution in [3.8, 4) is 0 Å². The summed E-state index contributed by atoms with van der Waals surface area (Å²) in [6.07, 6.45) is 10.8. The first-order chi connectivity index (χ1) is 16.3. The molecule has 0 spiro atoms. The second kappa shape index (κ2) is 8.19. The third-order valence-electron chi connectivity index (χ3n) is 14.1. The summed E-state index contributed by atoms with van der Waals surface area (Å²) >= 11 is 0. The molecule has 5 saturated carbocycles. The fraction of sp³-hybridized carbons (Fsp3) is 0.968. The van der Waals surface area contributed by atoms with Gasteiger partial charge in [-0.05, 0) is 121 Å². The van der Waals surface area contributed by atoms with Gasteiger partial charge in [-0.25, -0.2) is 0 Å². The van der Waals surface area contributed by atoms with Gasteiger partial charge in [-0.2, -0.15) is 0 Å². The molecule has 11 atom stereocenters. The Labute approximate surface area is 214 Å². The van der Waals surface area contributed by atoms with Gasteiger partial charge >= 0.3 is 5.97 Å². The van der Waals surface area contributed by atoms with E-state index in [1.165, 1.54) is 25.7 Å². The van der Waals surface area contributed by atoms with Gasteiger partial charge in [0.05, 0.1) is 18.6 Å². The molecule has 0 aromatic rings. The lowest BCUT2D eigenvalue weighted by Crippen LogP contribution is -2.67. The Morgan fingerprint density at radius 2 is 1.60 bits per heavy atom. The summed E-state index contributed by atoms with van der Waals surface area (Å²) in [7, 11) is 1.57. The van der Waals surface area contributed by atoms with Crippen LogP contribution in [0.2, 0.25) is 0 Å². The Morgan fingerprint density at radius 1 is 0.886 bits per heavy atom. The lowest BCUT2D eigenvalue weighted by atomic mass is 9.32. The van der Waals surface area contributed by atoms with E-state index in [0.717, 1.165) is 38.5 Å². The quantitative estimate of drug-likeness (QED) is 0.462. The molecule has 0 heterocycles. The molecule has 5 fully saturated rings. The van der Waals surface area contributed by atoms with Crippen molar-refractivity contribution in [3.63, 3.8) is 0 Å². The topological polar surface area (TPSA) is 66.8 Å². The molecule has 5 aliphatic rings. The van der Waals surface area contributed by atoms with Gasteiger partial charge in [-0.15, -0.1) is 0 Å². The highest BCUT2D eigenvalue weighted by Gasteiger charge is 2.72. The number of esters is 1. The Morgan fingerprint density at radius 3 is 2.26 bits per heavy atom. The maximum Gasteiger partial charge on any atom is 0.312 e. The van der Waals surface area contributed by atoms with Crippen molar-refractivity contribution in [1.29, 1.82) is 0 Å². The van der Waals surface area contributed by atoms with Crippen LogP contribution in [0.1, 0.15) is 106 Å². The number of ether oxygens (including phenoxy) is 1. The van der Waals surface area contributed by atoms with E-state index < -0.39 is 0 Å². The van der Waals surface area contributed by atoms with Crippen LogP contribution in [0.3, 0.4) is 0 Å². The lowest BCUT2D eigenvalue weighted by molar-refractivity contribution is -0.250. The summed E-state index contributed by atoms with van der Waals surface area (Å²) in [5.74, 6) is 2.73. The van der Waals surface area contributed by atoms with E-state index in [9.17, 15) is 15.0 Å². The first kappa shape index (κ1) is 26.0. The van der Waals surface area contributed by atoms with Crippen LogP contribution in [-0.4, -0.2) is 36.0 Å². The highest BCUT2D eigenvalue weighted by molar-refractivity contribution is 5.78. The van der Waals surface area contributed by atoms with Gasteiger partial charge in [-0.3, -0.25) is 4.79 Å². The normalized spacial score (nSPS) is 53.5. The van der Waals surface area contributed by atoms with Gasteiger partial charge in [0.15, 0.2) is 0 Å². The minimum atomic E-state index is -0.353. The fourth-order valence-electron chi connectivity index (χ4n) is 12.0. The zero-order valence-corrected chi connectivity index (χ0v) is 23.5. The Hall–Kier alpha value is -0.610. The molecule has 0 radical (unpaired) electrons. The van der Waals surface area contributed by atoms with Crippen LogP contribution in [0.25, 0.3) is 0 Å². The first-order valence-corrected chi connectivity index (χ1v) is 14.7. The molecule has 0 bridgehead atoms. The molecule has 0 amide bonds. The largest absolute Gasteiger partial charge is 0.469 e. The van der Waals surface area contributed by atoms with Gasteiger partial charge < -0.3 is 14.9 Å². The van der Waals surface area contributed by atoms with Crippen LogP contribution in [-0.2, 0) is 9.53 Å². The third-order valence-corrected chi connectivity index (χ3v) is 14.1. The number of carbonyl (C=O) groups excluding carboxylic acids is 1. The van der Waals surface area contributed by atoms with E-state index in [4.69, 9.17) is 4.74 Å². The second-order valence-corrected chi connectivity index (χ2v) is 15.1. The molecule has 200 valence electrons. The fourth-order valence-corrected chi connectivity index (χ4v) is 12.0. The summed E-state index contributed by atoms with van der Waals surface area (Å²) < 4.78 is 5.50. The maximum absolute atomic E-state index is 13.4. The van der Waals surface area contributed by atoms with Crippen molar-refractivity contribution in [3.05, 3.63) is 0 Å². The van der Waals surface area contributed by atoms with Crippen molar-refractivity contribution in [2.24, 2.45) is 62.6 Å². The molecule has 5 rings (SSSR count). The van der Waals surface area contributed by atoms with E-state index in [1.54, 1.807) is 7.11 Å². The van der Waals surface area contributed by atoms with Crippen LogP contribution in [0.4, 0.5) is 0 Å². The molecule has 0 aromatic carbocycles. The number of aliphatic hydroxyl groups is 2. The monoisotopic (exact) mass is 488 g/mol. The molecule has 4 heteroatoms. The number of hydrogen-bond donors (Lipinski definition) is 2. The van der Waals surface area contributed by atoms with Crippen molar-refractivity contribution < 1.29 is 19.7 Å². The molecule has 5 unspecified atom stereocenters. The average molecular weight is 489 g/mol. The van der Waals surface area contributed by atoms with Crippen LogP contribution in [0, 0.1) is 62.6 Å². The van der Waals surface area contributed by atoms with Crippen LogP contribution in [0.15, 0.2) is 0 Å². The SMILES string of the molecule is COC(=O)[C@]12CC[C@@H](C(C)CO)C1C1CCC3[C@@]4(C)CC[C@H](O)C(C)(C)C4CC[C@@]3(C)[C@]1(C)CC2. The van der Waals surface area contributed by atoms with E-state index >= 15 is 0 Å². The number of aliphatic hydroxyl groups excluding tert-OH is 2. The van der Waals surface area contributed by atoms with Crippen molar-refractivity contribution in [1.82, 2.24) is 0 Å². The van der Waals surface area contributed by atoms with Crippen LogP contribution >= 0.6 is 0 Å². The number of methoxy groups -OCH3 is 1. The molecule has 35 heavy (non-hydrogen) atoms.